The lowest BCUT2D eigenvalue weighted by atomic mass is 10.0. The Bertz CT molecular complexity index is 1430. The summed E-state index contributed by atoms with van der Waals surface area (Å²) in [5.74, 6) is -0.0384. The van der Waals surface area contributed by atoms with Crippen molar-refractivity contribution in [1.29, 1.82) is 0 Å². The average molecular weight is 600 g/mol. The number of nitrogens with zero attached hydrogens (tertiary/aromatic N) is 2. The summed E-state index contributed by atoms with van der Waals surface area (Å²) >= 11 is 6.25. The predicted octanol–water partition coefficient (Wildman–Crippen LogP) is 4.98. The summed E-state index contributed by atoms with van der Waals surface area (Å²) in [7, 11) is -2.18. The average Bonchev–Trinajstić information content (AvgIpc) is 2.93. The molecule has 0 saturated heterocycles. The van der Waals surface area contributed by atoms with E-state index in [1.54, 1.807) is 17.0 Å². The normalized spacial score (nSPS) is 11.9. The van der Waals surface area contributed by atoms with Crippen LogP contribution in [0.1, 0.15) is 36.5 Å². The molecular formula is C31H38ClN3O5S. The number of aryl methyl sites for hydroxylation is 1. The zero-order valence-electron chi connectivity index (χ0n) is 24.0. The molecule has 3 aromatic carbocycles. The second kappa shape index (κ2) is 14.9. The number of carbonyl (C=O) groups is 2. The predicted molar refractivity (Wildman–Crippen MR) is 164 cm³/mol. The van der Waals surface area contributed by atoms with Gasteiger partial charge in [-0.25, -0.2) is 8.42 Å². The Kier molecular flexibility index (Phi) is 11.6. The minimum atomic E-state index is -3.66. The highest BCUT2D eigenvalue weighted by molar-refractivity contribution is 7.92. The van der Waals surface area contributed by atoms with E-state index < -0.39 is 16.1 Å². The third-order valence-corrected chi connectivity index (χ3v) is 8.12. The number of anilines is 1. The van der Waals surface area contributed by atoms with E-state index in [1.807, 2.05) is 68.4 Å². The monoisotopic (exact) mass is 599 g/mol. The molecule has 0 radical (unpaired) electrons. The standard InChI is InChI=1S/C31H38ClN3O5S/c1-5-33-31(37)28(20-24-12-7-6-8-13-24)34(22-25-14-9-11-23(2)19-25)30(36)15-10-18-35(41(4,38)39)26-16-17-29(40-3)27(32)21-26/h6-9,11-14,16-17,19,21,28H,5,10,15,18,20,22H2,1-4H3,(H,33,37)/t28-/m1/s1. The highest BCUT2D eigenvalue weighted by Crippen LogP contribution is 2.30. The van der Waals surface area contributed by atoms with Gasteiger partial charge in [-0.05, 0) is 49.6 Å². The number of hydrogen-bond acceptors (Lipinski definition) is 5. The minimum Gasteiger partial charge on any atom is -0.495 e. The fraction of sp³-hybridized carbons (Fsp3) is 0.355. The molecular weight excluding hydrogens is 562 g/mol. The van der Waals surface area contributed by atoms with E-state index in [1.165, 1.54) is 17.5 Å². The first-order chi connectivity index (χ1) is 19.5. The summed E-state index contributed by atoms with van der Waals surface area (Å²) in [6.45, 7) is 4.57. The van der Waals surface area contributed by atoms with Crippen LogP contribution in [0.5, 0.6) is 5.75 Å². The van der Waals surface area contributed by atoms with Gasteiger partial charge in [0.2, 0.25) is 21.8 Å². The van der Waals surface area contributed by atoms with E-state index >= 15 is 0 Å². The second-order valence-corrected chi connectivity index (χ2v) is 12.2. The molecule has 0 aliphatic heterocycles. The van der Waals surface area contributed by atoms with Crippen molar-refractivity contribution in [2.75, 3.05) is 30.8 Å². The molecule has 1 N–H and O–H groups in total. The van der Waals surface area contributed by atoms with Gasteiger partial charge in [0.05, 0.1) is 24.1 Å². The van der Waals surface area contributed by atoms with Crippen LogP contribution in [0.15, 0.2) is 72.8 Å². The molecule has 0 aliphatic carbocycles. The molecule has 0 aromatic heterocycles. The van der Waals surface area contributed by atoms with Gasteiger partial charge in [0.15, 0.2) is 0 Å². The van der Waals surface area contributed by atoms with E-state index in [9.17, 15) is 18.0 Å². The van der Waals surface area contributed by atoms with Crippen molar-refractivity contribution < 1.29 is 22.7 Å². The van der Waals surface area contributed by atoms with Crippen LogP contribution in [0, 0.1) is 6.92 Å². The van der Waals surface area contributed by atoms with E-state index in [4.69, 9.17) is 16.3 Å². The van der Waals surface area contributed by atoms with Crippen LogP contribution in [0.25, 0.3) is 0 Å². The number of methoxy groups -OCH3 is 1. The lowest BCUT2D eigenvalue weighted by Crippen LogP contribution is -2.50. The Hall–Kier alpha value is -3.56. The van der Waals surface area contributed by atoms with Crippen LogP contribution >= 0.6 is 11.6 Å². The number of rotatable bonds is 14. The molecule has 0 unspecified atom stereocenters. The van der Waals surface area contributed by atoms with Crippen molar-refractivity contribution in [1.82, 2.24) is 10.2 Å². The highest BCUT2D eigenvalue weighted by Gasteiger charge is 2.30. The molecule has 41 heavy (non-hydrogen) atoms. The molecule has 8 nitrogen and oxygen atoms in total. The van der Waals surface area contributed by atoms with Crippen molar-refractivity contribution in [2.45, 2.75) is 45.7 Å². The van der Waals surface area contributed by atoms with Crippen LogP contribution in [-0.4, -0.2) is 57.6 Å². The van der Waals surface area contributed by atoms with Gasteiger partial charge in [0.25, 0.3) is 0 Å². The number of benzene rings is 3. The summed E-state index contributed by atoms with van der Waals surface area (Å²) < 4.78 is 31.7. The fourth-order valence-corrected chi connectivity index (χ4v) is 5.88. The molecule has 3 rings (SSSR count). The van der Waals surface area contributed by atoms with Gasteiger partial charge < -0.3 is 15.0 Å². The van der Waals surface area contributed by atoms with Crippen LogP contribution in [0.3, 0.4) is 0 Å². The maximum atomic E-state index is 13.8. The minimum absolute atomic E-state index is 0.0480. The number of hydrogen-bond donors (Lipinski definition) is 1. The topological polar surface area (TPSA) is 96.0 Å². The lowest BCUT2D eigenvalue weighted by molar-refractivity contribution is -0.141. The molecule has 3 aromatic rings. The van der Waals surface area contributed by atoms with Gasteiger partial charge in [0, 0.05) is 32.5 Å². The van der Waals surface area contributed by atoms with Crippen molar-refractivity contribution in [2.24, 2.45) is 0 Å². The van der Waals surface area contributed by atoms with Gasteiger partial charge in [-0.2, -0.15) is 0 Å². The maximum absolute atomic E-state index is 13.8. The van der Waals surface area contributed by atoms with E-state index in [2.05, 4.69) is 5.32 Å². The smallest absolute Gasteiger partial charge is 0.243 e. The van der Waals surface area contributed by atoms with Crippen molar-refractivity contribution in [3.05, 3.63) is 94.5 Å². The summed E-state index contributed by atoms with van der Waals surface area (Å²) in [6, 6.07) is 21.4. The first kappa shape index (κ1) is 32.0. The van der Waals surface area contributed by atoms with Gasteiger partial charge in [-0.1, -0.05) is 71.8 Å². The Morgan fingerprint density at radius 3 is 2.32 bits per heavy atom. The molecule has 0 saturated carbocycles. The first-order valence-corrected chi connectivity index (χ1v) is 15.7. The molecule has 220 valence electrons. The van der Waals surface area contributed by atoms with Gasteiger partial charge >= 0.3 is 0 Å². The SMILES string of the molecule is CCNC(=O)[C@@H](Cc1ccccc1)N(Cc1cccc(C)c1)C(=O)CCCN(c1ccc(OC)c(Cl)c1)S(C)(=O)=O. The van der Waals surface area contributed by atoms with Gasteiger partial charge in [-0.3, -0.25) is 13.9 Å². The zero-order chi connectivity index (χ0) is 30.0. The lowest BCUT2D eigenvalue weighted by Gasteiger charge is -2.32. The molecule has 10 heteroatoms. The zero-order valence-corrected chi connectivity index (χ0v) is 25.5. The summed E-state index contributed by atoms with van der Waals surface area (Å²) in [6.07, 6.45) is 1.76. The number of sulfonamides is 1. The molecule has 2 amide bonds. The maximum Gasteiger partial charge on any atom is 0.243 e. The Balaban J connectivity index is 1.87. The van der Waals surface area contributed by atoms with Crippen LogP contribution in [-0.2, 0) is 32.6 Å². The third-order valence-electron chi connectivity index (χ3n) is 6.63. The van der Waals surface area contributed by atoms with Crippen LogP contribution < -0.4 is 14.4 Å². The van der Waals surface area contributed by atoms with Gasteiger partial charge in [-0.15, -0.1) is 0 Å². The quantitative estimate of drug-likeness (QED) is 0.282. The molecule has 0 spiro atoms. The first-order valence-electron chi connectivity index (χ1n) is 13.5. The third kappa shape index (κ3) is 9.23. The van der Waals surface area contributed by atoms with Crippen molar-refractivity contribution >= 4 is 39.1 Å². The second-order valence-electron chi connectivity index (χ2n) is 9.87. The summed E-state index contributed by atoms with van der Waals surface area (Å²) in [4.78, 5) is 28.7. The molecule has 0 aliphatic rings. The number of likely N-dealkylation sites (N-methyl/N-ethyl adjacent to an activating group) is 1. The molecule has 0 fully saturated rings. The van der Waals surface area contributed by atoms with Gasteiger partial charge in [0.1, 0.15) is 11.8 Å². The van der Waals surface area contributed by atoms with Crippen LogP contribution in [0.2, 0.25) is 5.02 Å². The van der Waals surface area contributed by atoms with E-state index in [0.717, 1.165) is 22.9 Å². The fourth-order valence-electron chi connectivity index (χ4n) is 4.67. The number of amides is 2. The Morgan fingerprint density at radius 1 is 1.00 bits per heavy atom. The number of ether oxygens (including phenoxy) is 1. The number of nitrogens with one attached hydrogen (secondary N) is 1. The number of carbonyl (C=O) groups excluding carboxylic acids is 2. The Morgan fingerprint density at radius 2 is 1.71 bits per heavy atom. The molecule has 0 heterocycles. The van der Waals surface area contributed by atoms with E-state index in [-0.39, 0.29) is 42.8 Å². The van der Waals surface area contributed by atoms with E-state index in [0.29, 0.717) is 24.4 Å². The number of halogens is 1. The Labute approximate surface area is 248 Å². The largest absolute Gasteiger partial charge is 0.495 e. The van der Waals surface area contributed by atoms with Crippen LogP contribution in [0.4, 0.5) is 5.69 Å². The summed E-state index contributed by atoms with van der Waals surface area (Å²) in [5.41, 5.74) is 3.28. The van der Waals surface area contributed by atoms with Crippen molar-refractivity contribution in [3.8, 4) is 5.75 Å². The van der Waals surface area contributed by atoms with Crippen molar-refractivity contribution in [3.63, 3.8) is 0 Å². The molecule has 0 bridgehead atoms. The highest BCUT2D eigenvalue weighted by atomic mass is 35.5. The molecule has 1 atom stereocenters. The summed E-state index contributed by atoms with van der Waals surface area (Å²) in [5, 5.41) is 3.17.